The van der Waals surface area contributed by atoms with Crippen molar-refractivity contribution in [2.24, 2.45) is 0 Å². The van der Waals surface area contributed by atoms with E-state index in [4.69, 9.17) is 5.10 Å². The number of non-ortho nitro benzene ring substituents is 1. The van der Waals surface area contributed by atoms with Gasteiger partial charge in [0.2, 0.25) is 5.91 Å². The van der Waals surface area contributed by atoms with Gasteiger partial charge in [0.05, 0.1) is 28.8 Å². The van der Waals surface area contributed by atoms with Gasteiger partial charge in [0.25, 0.3) is 5.69 Å². The largest absolute Gasteiger partial charge is 0.338 e. The maximum Gasteiger partial charge on any atom is 0.269 e. The second kappa shape index (κ2) is 8.94. The molecule has 5 rings (SSSR count). The summed E-state index contributed by atoms with van der Waals surface area (Å²) in [5.74, 6) is 0.0116. The maximum atomic E-state index is 13.4. The number of aromatic nitrogens is 2. The lowest BCUT2D eigenvalue weighted by molar-refractivity contribution is -0.384. The number of rotatable bonds is 6. The van der Waals surface area contributed by atoms with Crippen LogP contribution in [0.15, 0.2) is 85.1 Å². The van der Waals surface area contributed by atoms with Gasteiger partial charge in [0, 0.05) is 36.5 Å². The molecule has 0 spiro atoms. The van der Waals surface area contributed by atoms with Gasteiger partial charge in [-0.1, -0.05) is 42.5 Å². The zero-order valence-corrected chi connectivity index (χ0v) is 18.8. The van der Waals surface area contributed by atoms with Crippen LogP contribution in [-0.4, -0.2) is 32.6 Å². The summed E-state index contributed by atoms with van der Waals surface area (Å²) in [5, 5.41) is 15.8. The lowest BCUT2D eigenvalue weighted by atomic mass is 10.0. The molecule has 1 amide bonds. The normalized spacial score (nSPS) is 14.6. The molecule has 170 valence electrons. The number of nitro benzene ring substituents is 1. The first-order chi connectivity index (χ1) is 16.5. The van der Waals surface area contributed by atoms with Gasteiger partial charge < -0.3 is 4.90 Å². The van der Waals surface area contributed by atoms with E-state index in [0.717, 1.165) is 29.7 Å². The predicted molar refractivity (Wildman–Crippen MR) is 130 cm³/mol. The fourth-order valence-corrected chi connectivity index (χ4v) is 4.63. The Morgan fingerprint density at radius 2 is 1.76 bits per heavy atom. The first kappa shape index (κ1) is 21.6. The van der Waals surface area contributed by atoms with Crippen molar-refractivity contribution in [2.75, 3.05) is 7.05 Å². The van der Waals surface area contributed by atoms with Crippen LogP contribution in [0.25, 0.3) is 16.9 Å². The number of hydrogen-bond acceptors (Lipinski definition) is 4. The van der Waals surface area contributed by atoms with Crippen molar-refractivity contribution in [1.82, 2.24) is 14.7 Å². The van der Waals surface area contributed by atoms with Gasteiger partial charge >= 0.3 is 0 Å². The summed E-state index contributed by atoms with van der Waals surface area (Å²) in [5.41, 5.74) is 5.57. The van der Waals surface area contributed by atoms with Crippen LogP contribution in [0.3, 0.4) is 0 Å². The first-order valence-electron chi connectivity index (χ1n) is 11.2. The van der Waals surface area contributed by atoms with Crippen molar-refractivity contribution in [1.29, 1.82) is 0 Å². The third-order valence-corrected chi connectivity index (χ3v) is 6.47. The van der Waals surface area contributed by atoms with Gasteiger partial charge in [0.1, 0.15) is 0 Å². The molecule has 7 heteroatoms. The zero-order chi connectivity index (χ0) is 23.7. The van der Waals surface area contributed by atoms with E-state index in [1.165, 1.54) is 23.3 Å². The number of nitro groups is 1. The SMILES string of the molecule is CN(C(=O)Cc1cn(-c2ccccc2)nc1-c1ccc([N+](=O)[O-])cc1)C1CCc2ccccc21. The van der Waals surface area contributed by atoms with Crippen LogP contribution in [0, 0.1) is 10.1 Å². The lowest BCUT2D eigenvalue weighted by Gasteiger charge is -2.25. The average molecular weight is 453 g/mol. The molecule has 0 N–H and O–H groups in total. The van der Waals surface area contributed by atoms with Crippen LogP contribution in [0.5, 0.6) is 0 Å². The minimum absolute atomic E-state index is 0.0116. The maximum absolute atomic E-state index is 13.4. The van der Waals surface area contributed by atoms with Crippen molar-refractivity contribution < 1.29 is 9.72 Å². The van der Waals surface area contributed by atoms with Gasteiger partial charge in [-0.15, -0.1) is 0 Å². The Morgan fingerprint density at radius 1 is 1.06 bits per heavy atom. The second-order valence-electron chi connectivity index (χ2n) is 8.52. The number of nitrogens with zero attached hydrogens (tertiary/aromatic N) is 4. The number of fused-ring (bicyclic) bond motifs is 1. The number of hydrogen-bond donors (Lipinski definition) is 0. The van der Waals surface area contributed by atoms with Gasteiger partial charge in [-0.3, -0.25) is 14.9 Å². The molecular formula is C27H24N4O3. The van der Waals surface area contributed by atoms with E-state index in [0.29, 0.717) is 5.69 Å². The summed E-state index contributed by atoms with van der Waals surface area (Å²) in [6.07, 6.45) is 3.95. The molecular weight excluding hydrogens is 428 g/mol. The van der Waals surface area contributed by atoms with Gasteiger partial charge in [-0.05, 0) is 48.2 Å². The molecule has 0 saturated carbocycles. The van der Waals surface area contributed by atoms with Crippen LogP contribution < -0.4 is 0 Å². The van der Waals surface area contributed by atoms with Crippen molar-refractivity contribution in [3.8, 4) is 16.9 Å². The van der Waals surface area contributed by atoms with E-state index in [2.05, 4.69) is 12.1 Å². The molecule has 3 aromatic carbocycles. The number of carbonyl (C=O) groups is 1. The highest BCUT2D eigenvalue weighted by Crippen LogP contribution is 2.35. The fraction of sp³-hybridized carbons (Fsp3) is 0.185. The molecule has 1 aliphatic rings. The van der Waals surface area contributed by atoms with E-state index in [9.17, 15) is 14.9 Å². The molecule has 1 unspecified atom stereocenters. The molecule has 0 saturated heterocycles. The molecule has 7 nitrogen and oxygen atoms in total. The monoisotopic (exact) mass is 452 g/mol. The van der Waals surface area contributed by atoms with E-state index in [1.54, 1.807) is 16.8 Å². The van der Waals surface area contributed by atoms with Gasteiger partial charge in [0.15, 0.2) is 0 Å². The summed E-state index contributed by atoms with van der Waals surface area (Å²) < 4.78 is 1.75. The molecule has 0 radical (unpaired) electrons. The third kappa shape index (κ3) is 4.08. The molecule has 1 heterocycles. The Hall–Kier alpha value is -4.26. The van der Waals surface area contributed by atoms with E-state index >= 15 is 0 Å². The Morgan fingerprint density at radius 3 is 2.50 bits per heavy atom. The van der Waals surface area contributed by atoms with Gasteiger partial charge in [-0.2, -0.15) is 5.10 Å². The third-order valence-electron chi connectivity index (χ3n) is 6.47. The highest BCUT2D eigenvalue weighted by atomic mass is 16.6. The smallest absolute Gasteiger partial charge is 0.269 e. The van der Waals surface area contributed by atoms with Crippen molar-refractivity contribution in [2.45, 2.75) is 25.3 Å². The number of amides is 1. The first-order valence-corrected chi connectivity index (χ1v) is 11.2. The van der Waals surface area contributed by atoms with Gasteiger partial charge in [-0.25, -0.2) is 4.68 Å². The molecule has 1 atom stereocenters. The van der Waals surface area contributed by atoms with Crippen molar-refractivity contribution in [3.63, 3.8) is 0 Å². The molecule has 34 heavy (non-hydrogen) atoms. The van der Waals surface area contributed by atoms with E-state index < -0.39 is 4.92 Å². The lowest BCUT2D eigenvalue weighted by Crippen LogP contribution is -2.31. The minimum atomic E-state index is -0.425. The van der Waals surface area contributed by atoms with E-state index in [1.807, 2.05) is 60.6 Å². The highest BCUT2D eigenvalue weighted by molar-refractivity contribution is 5.82. The minimum Gasteiger partial charge on any atom is -0.338 e. The Labute approximate surface area is 197 Å². The van der Waals surface area contributed by atoms with Crippen molar-refractivity contribution in [3.05, 3.63) is 112 Å². The Kier molecular flexibility index (Phi) is 5.67. The Balaban J connectivity index is 1.47. The number of benzene rings is 3. The van der Waals surface area contributed by atoms with E-state index in [-0.39, 0.29) is 24.1 Å². The zero-order valence-electron chi connectivity index (χ0n) is 18.8. The van der Waals surface area contributed by atoms with Crippen molar-refractivity contribution >= 4 is 11.6 Å². The number of para-hydroxylation sites is 1. The summed E-state index contributed by atoms with van der Waals surface area (Å²) in [6.45, 7) is 0. The predicted octanol–water partition coefficient (Wildman–Crippen LogP) is 5.14. The van der Waals surface area contributed by atoms with Crippen LogP contribution in [0.1, 0.15) is 29.2 Å². The number of likely N-dealkylation sites (N-methyl/N-ethyl adjacent to an activating group) is 1. The summed E-state index contributed by atoms with van der Waals surface area (Å²) in [4.78, 5) is 25.9. The summed E-state index contributed by atoms with van der Waals surface area (Å²) in [7, 11) is 1.86. The molecule has 4 aromatic rings. The fourth-order valence-electron chi connectivity index (χ4n) is 4.63. The summed E-state index contributed by atoms with van der Waals surface area (Å²) in [6, 6.07) is 24.3. The van der Waals surface area contributed by atoms with Crippen LogP contribution in [0.2, 0.25) is 0 Å². The number of aryl methyl sites for hydroxylation is 1. The highest BCUT2D eigenvalue weighted by Gasteiger charge is 2.29. The summed E-state index contributed by atoms with van der Waals surface area (Å²) >= 11 is 0. The van der Waals surface area contributed by atoms with Crippen LogP contribution in [0.4, 0.5) is 5.69 Å². The molecule has 0 bridgehead atoms. The standard InChI is InChI=1S/C27H24N4O3/c1-29(25-16-13-19-7-5-6-10-24(19)25)26(32)17-21-18-30(22-8-3-2-4-9-22)28-27(21)20-11-14-23(15-12-20)31(33)34/h2-12,14-15,18,25H,13,16-17H2,1H3. The molecule has 0 fully saturated rings. The van der Waals surface area contributed by atoms with Crippen LogP contribution >= 0.6 is 0 Å². The molecule has 1 aromatic heterocycles. The topological polar surface area (TPSA) is 81.3 Å². The molecule has 1 aliphatic carbocycles. The second-order valence-corrected chi connectivity index (χ2v) is 8.52. The molecule has 0 aliphatic heterocycles. The average Bonchev–Trinajstić information content (AvgIpc) is 3.49. The quantitative estimate of drug-likeness (QED) is 0.300. The van der Waals surface area contributed by atoms with Crippen LogP contribution in [-0.2, 0) is 17.6 Å². The Bertz CT molecular complexity index is 1350. The number of carbonyl (C=O) groups excluding carboxylic acids is 1.